The van der Waals surface area contributed by atoms with Crippen LogP contribution in [0.1, 0.15) is 213 Å². The molecule has 0 aliphatic rings. The maximum Gasteiger partial charge on any atom is 0.249 e. The molecular weight excluding hydrogens is 659 g/mol. The van der Waals surface area contributed by atoms with E-state index in [1.54, 1.807) is 0 Å². The van der Waals surface area contributed by atoms with E-state index in [2.05, 4.69) is 67.8 Å². The zero-order valence-corrected chi connectivity index (χ0v) is 34.8. The minimum absolute atomic E-state index is 0.346. The first kappa shape index (κ1) is 51.3. The van der Waals surface area contributed by atoms with Crippen LogP contribution >= 0.6 is 0 Å². The molecule has 0 aromatic rings. The first-order valence-corrected chi connectivity index (χ1v) is 22.5. The Morgan fingerprint density at radius 2 is 0.849 bits per heavy atom. The Morgan fingerprint density at radius 1 is 0.472 bits per heavy atom. The lowest BCUT2D eigenvalue weighted by Gasteiger charge is -2.27. The maximum absolute atomic E-state index is 12.5. The number of aliphatic hydroxyl groups is 4. The van der Waals surface area contributed by atoms with Crippen LogP contribution in [0, 0.1) is 0 Å². The Kier molecular flexibility index (Phi) is 40.1. The second-order valence-electron chi connectivity index (χ2n) is 15.4. The molecule has 1 amide bonds. The summed E-state index contributed by atoms with van der Waals surface area (Å²) in [5, 5.41) is 43.7. The number of hydrogen-bond donors (Lipinski definition) is 5. The van der Waals surface area contributed by atoms with Gasteiger partial charge in [0.05, 0.1) is 18.8 Å². The van der Waals surface area contributed by atoms with Crippen LogP contribution in [0.2, 0.25) is 0 Å². The predicted octanol–water partition coefficient (Wildman–Crippen LogP) is 11.9. The number of carbonyl (C=O) groups is 1. The fourth-order valence-electron chi connectivity index (χ4n) is 6.63. The highest BCUT2D eigenvalue weighted by Gasteiger charge is 2.28. The van der Waals surface area contributed by atoms with Crippen molar-refractivity contribution in [2.45, 2.75) is 237 Å². The monoisotopic (exact) mass is 746 g/mol. The summed E-state index contributed by atoms with van der Waals surface area (Å²) in [5.74, 6) is -0.607. The van der Waals surface area contributed by atoms with Crippen LogP contribution in [-0.2, 0) is 4.79 Å². The fraction of sp³-hybridized carbons (Fsp3) is 0.809. The second-order valence-corrected chi connectivity index (χ2v) is 15.4. The second kappa shape index (κ2) is 41.4. The lowest BCUT2D eigenvalue weighted by atomic mass is 10.00. The standard InChI is InChI=1S/C47H87NO5/c1-3-5-7-9-11-13-15-17-19-21-22-23-24-25-27-28-30-32-34-36-38-40-44(50)46(52)43(42-49)48-47(53)45(51)41-39-37-35-33-31-29-26-20-18-16-14-12-10-8-6-4-2/h12,14,18,20,25,27,32,34,43-46,49-52H,3-11,13,15-17,19,21-24,26,28-31,33,35-42H2,1-2H3,(H,48,53)/b14-12-,20-18-,27-25+,34-32+. The molecule has 4 atom stereocenters. The third kappa shape index (κ3) is 35.7. The number of unbranched alkanes of at least 4 members (excludes halogenated alkanes) is 23. The average molecular weight is 746 g/mol. The van der Waals surface area contributed by atoms with E-state index >= 15 is 0 Å². The molecule has 0 saturated carbocycles. The van der Waals surface area contributed by atoms with Gasteiger partial charge in [0.25, 0.3) is 0 Å². The van der Waals surface area contributed by atoms with Crippen LogP contribution in [0.3, 0.4) is 0 Å². The van der Waals surface area contributed by atoms with Gasteiger partial charge in [-0.2, -0.15) is 0 Å². The minimum Gasteiger partial charge on any atom is -0.394 e. The van der Waals surface area contributed by atoms with Crippen LogP contribution in [0.5, 0.6) is 0 Å². The summed E-state index contributed by atoms with van der Waals surface area (Å²) >= 11 is 0. The number of hydrogen-bond acceptors (Lipinski definition) is 5. The van der Waals surface area contributed by atoms with Crippen LogP contribution in [0.15, 0.2) is 48.6 Å². The number of nitrogens with one attached hydrogen (secondary N) is 1. The summed E-state index contributed by atoms with van der Waals surface area (Å²) in [6, 6.07) is -1.01. The van der Waals surface area contributed by atoms with E-state index in [1.165, 1.54) is 122 Å². The van der Waals surface area contributed by atoms with E-state index in [0.717, 1.165) is 57.8 Å². The van der Waals surface area contributed by atoms with Crippen molar-refractivity contribution in [1.82, 2.24) is 5.32 Å². The summed E-state index contributed by atoms with van der Waals surface area (Å²) in [7, 11) is 0. The Labute approximate surface area is 328 Å². The van der Waals surface area contributed by atoms with Gasteiger partial charge < -0.3 is 25.7 Å². The van der Waals surface area contributed by atoms with E-state index < -0.39 is 36.9 Å². The van der Waals surface area contributed by atoms with Gasteiger partial charge in [0.15, 0.2) is 0 Å². The van der Waals surface area contributed by atoms with Crippen LogP contribution in [-0.4, -0.2) is 57.3 Å². The Balaban J connectivity index is 3.82. The molecule has 0 aromatic heterocycles. The molecule has 53 heavy (non-hydrogen) atoms. The summed E-state index contributed by atoms with van der Waals surface area (Å²) < 4.78 is 0. The highest BCUT2D eigenvalue weighted by atomic mass is 16.3. The molecule has 0 radical (unpaired) electrons. The van der Waals surface area contributed by atoms with Gasteiger partial charge in [0.1, 0.15) is 12.2 Å². The average Bonchev–Trinajstić information content (AvgIpc) is 3.16. The van der Waals surface area contributed by atoms with Crippen molar-refractivity contribution in [2.75, 3.05) is 6.61 Å². The number of rotatable bonds is 40. The van der Waals surface area contributed by atoms with E-state index in [0.29, 0.717) is 19.3 Å². The predicted molar refractivity (Wildman–Crippen MR) is 228 cm³/mol. The summed E-state index contributed by atoms with van der Waals surface area (Å²) in [5.41, 5.74) is 0. The number of allylic oxidation sites excluding steroid dienone is 8. The van der Waals surface area contributed by atoms with Crippen molar-refractivity contribution in [2.24, 2.45) is 0 Å². The van der Waals surface area contributed by atoms with Gasteiger partial charge in [-0.05, 0) is 83.5 Å². The SMILES string of the molecule is CCCCC/C=C\C/C=C\CCCCCCCCC(O)C(=O)NC(CO)C(O)C(O)CCC/C=C/CC/C=C/CCCCCCCCCCCCCC. The maximum atomic E-state index is 12.5. The zero-order valence-electron chi connectivity index (χ0n) is 34.8. The van der Waals surface area contributed by atoms with Crippen molar-refractivity contribution in [1.29, 1.82) is 0 Å². The molecule has 0 aliphatic carbocycles. The van der Waals surface area contributed by atoms with E-state index in [9.17, 15) is 25.2 Å². The van der Waals surface area contributed by atoms with Crippen molar-refractivity contribution in [3.05, 3.63) is 48.6 Å². The molecule has 4 unspecified atom stereocenters. The van der Waals surface area contributed by atoms with Crippen LogP contribution in [0.25, 0.3) is 0 Å². The molecule has 6 heteroatoms. The van der Waals surface area contributed by atoms with Crippen molar-refractivity contribution >= 4 is 5.91 Å². The molecule has 310 valence electrons. The van der Waals surface area contributed by atoms with Gasteiger partial charge in [-0.15, -0.1) is 0 Å². The highest BCUT2D eigenvalue weighted by molar-refractivity contribution is 5.80. The molecule has 0 aliphatic heterocycles. The van der Waals surface area contributed by atoms with Crippen molar-refractivity contribution < 1.29 is 25.2 Å². The first-order valence-electron chi connectivity index (χ1n) is 22.5. The van der Waals surface area contributed by atoms with E-state index in [4.69, 9.17) is 0 Å². The van der Waals surface area contributed by atoms with Gasteiger partial charge in [-0.3, -0.25) is 4.79 Å². The molecule has 0 rings (SSSR count). The molecular formula is C47H87NO5. The van der Waals surface area contributed by atoms with Gasteiger partial charge in [-0.1, -0.05) is 178 Å². The lowest BCUT2D eigenvalue weighted by Crippen LogP contribution is -2.53. The van der Waals surface area contributed by atoms with E-state index in [-0.39, 0.29) is 0 Å². The number of aliphatic hydroxyl groups excluding tert-OH is 4. The quantitative estimate of drug-likeness (QED) is 0.0317. The molecule has 0 bridgehead atoms. The molecule has 0 saturated heterocycles. The summed E-state index contributed by atoms with van der Waals surface area (Å²) in [6.45, 7) is 4.00. The molecule has 0 heterocycles. The van der Waals surface area contributed by atoms with Crippen molar-refractivity contribution in [3.8, 4) is 0 Å². The topological polar surface area (TPSA) is 110 Å². The third-order valence-corrected chi connectivity index (χ3v) is 10.2. The van der Waals surface area contributed by atoms with Crippen LogP contribution < -0.4 is 5.32 Å². The van der Waals surface area contributed by atoms with Gasteiger partial charge in [0.2, 0.25) is 5.91 Å². The van der Waals surface area contributed by atoms with Gasteiger partial charge in [0, 0.05) is 0 Å². The largest absolute Gasteiger partial charge is 0.394 e. The van der Waals surface area contributed by atoms with Gasteiger partial charge in [-0.25, -0.2) is 0 Å². The Hall–Kier alpha value is -1.73. The lowest BCUT2D eigenvalue weighted by molar-refractivity contribution is -0.132. The third-order valence-electron chi connectivity index (χ3n) is 10.2. The fourth-order valence-corrected chi connectivity index (χ4v) is 6.63. The molecule has 5 N–H and O–H groups in total. The Bertz CT molecular complexity index is 884. The molecule has 0 fully saturated rings. The molecule has 0 spiro atoms. The first-order chi connectivity index (χ1) is 26.0. The highest BCUT2D eigenvalue weighted by Crippen LogP contribution is 2.14. The van der Waals surface area contributed by atoms with Gasteiger partial charge >= 0.3 is 0 Å². The normalized spacial score (nSPS) is 14.6. The van der Waals surface area contributed by atoms with E-state index in [1.807, 2.05) is 0 Å². The number of carbonyl (C=O) groups excluding carboxylic acids is 1. The minimum atomic E-state index is -1.29. The Morgan fingerprint density at radius 3 is 1.34 bits per heavy atom. The summed E-state index contributed by atoms with van der Waals surface area (Å²) in [6.07, 6.45) is 50.0. The molecule has 6 nitrogen and oxygen atoms in total. The van der Waals surface area contributed by atoms with Crippen molar-refractivity contribution in [3.63, 3.8) is 0 Å². The summed E-state index contributed by atoms with van der Waals surface area (Å²) in [4.78, 5) is 12.5. The molecule has 0 aromatic carbocycles. The zero-order chi connectivity index (χ0) is 38.9. The number of amides is 1. The van der Waals surface area contributed by atoms with Crippen LogP contribution in [0.4, 0.5) is 0 Å². The smallest absolute Gasteiger partial charge is 0.249 e.